The van der Waals surface area contributed by atoms with E-state index in [0.717, 1.165) is 18.2 Å². The molecule has 0 aliphatic rings. The topological polar surface area (TPSA) is 73.2 Å². The summed E-state index contributed by atoms with van der Waals surface area (Å²) < 4.78 is 20.0. The molecule has 0 aliphatic carbocycles. The number of nitrogens with zero attached hydrogens (tertiary/aromatic N) is 2. The van der Waals surface area contributed by atoms with E-state index in [1.54, 1.807) is 37.4 Å². The SMILES string of the molecule is COCCCNC(=O)CSc1nc2ccccc2c(=O)n1-c1cccc(F)c1. The molecule has 2 aromatic carbocycles. The molecule has 0 unspecified atom stereocenters. The Hall–Kier alpha value is -2.71. The number of ether oxygens (including phenoxy) is 1. The quantitative estimate of drug-likeness (QED) is 0.357. The molecule has 8 heteroatoms. The average Bonchev–Trinajstić information content (AvgIpc) is 2.70. The summed E-state index contributed by atoms with van der Waals surface area (Å²) in [6, 6.07) is 12.7. The highest BCUT2D eigenvalue weighted by Crippen LogP contribution is 2.21. The van der Waals surface area contributed by atoms with Gasteiger partial charge in [0.2, 0.25) is 5.91 Å². The van der Waals surface area contributed by atoms with Gasteiger partial charge in [-0.05, 0) is 36.8 Å². The summed E-state index contributed by atoms with van der Waals surface area (Å²) in [6.07, 6.45) is 0.717. The maximum Gasteiger partial charge on any atom is 0.266 e. The normalized spacial score (nSPS) is 10.9. The van der Waals surface area contributed by atoms with Crippen molar-refractivity contribution in [2.24, 2.45) is 0 Å². The summed E-state index contributed by atoms with van der Waals surface area (Å²) >= 11 is 1.13. The Morgan fingerprint density at radius 2 is 2.07 bits per heavy atom. The van der Waals surface area contributed by atoms with Crippen molar-refractivity contribution in [2.75, 3.05) is 26.0 Å². The molecule has 1 heterocycles. The van der Waals surface area contributed by atoms with Gasteiger partial charge in [0.1, 0.15) is 5.82 Å². The Kier molecular flexibility index (Phi) is 6.78. The van der Waals surface area contributed by atoms with Crippen molar-refractivity contribution in [1.82, 2.24) is 14.9 Å². The lowest BCUT2D eigenvalue weighted by Gasteiger charge is -2.13. The molecular weight excluding hydrogens is 381 g/mol. The van der Waals surface area contributed by atoms with Crippen LogP contribution in [0.4, 0.5) is 4.39 Å². The summed E-state index contributed by atoms with van der Waals surface area (Å²) in [5, 5.41) is 3.56. The van der Waals surface area contributed by atoms with E-state index < -0.39 is 5.82 Å². The molecule has 0 atom stereocenters. The second-order valence-corrected chi connectivity index (χ2v) is 6.96. The molecule has 0 saturated carbocycles. The third-order valence-corrected chi connectivity index (χ3v) is 4.93. The highest BCUT2D eigenvalue weighted by atomic mass is 32.2. The van der Waals surface area contributed by atoms with E-state index >= 15 is 0 Å². The first-order chi connectivity index (χ1) is 13.6. The summed E-state index contributed by atoms with van der Waals surface area (Å²) in [5.74, 6) is -0.536. The molecular formula is C20H20FN3O3S. The van der Waals surface area contributed by atoms with Crippen LogP contribution in [-0.4, -0.2) is 41.5 Å². The smallest absolute Gasteiger partial charge is 0.266 e. The lowest BCUT2D eigenvalue weighted by Crippen LogP contribution is -2.28. The molecule has 6 nitrogen and oxygen atoms in total. The number of carbonyl (C=O) groups is 1. The Bertz CT molecular complexity index is 1040. The number of hydrogen-bond acceptors (Lipinski definition) is 5. The third kappa shape index (κ3) is 4.76. The molecule has 1 N–H and O–H groups in total. The predicted molar refractivity (Wildman–Crippen MR) is 108 cm³/mol. The largest absolute Gasteiger partial charge is 0.385 e. The van der Waals surface area contributed by atoms with Gasteiger partial charge in [-0.1, -0.05) is 30.0 Å². The third-order valence-electron chi connectivity index (χ3n) is 3.99. The number of methoxy groups -OCH3 is 1. The summed E-state index contributed by atoms with van der Waals surface area (Å²) in [5.41, 5.74) is 0.591. The van der Waals surface area contributed by atoms with Gasteiger partial charge in [-0.3, -0.25) is 14.2 Å². The molecule has 0 bridgehead atoms. The number of hydrogen-bond donors (Lipinski definition) is 1. The highest BCUT2D eigenvalue weighted by molar-refractivity contribution is 7.99. The monoisotopic (exact) mass is 401 g/mol. The van der Waals surface area contributed by atoms with Gasteiger partial charge in [-0.25, -0.2) is 9.37 Å². The lowest BCUT2D eigenvalue weighted by molar-refractivity contribution is -0.118. The van der Waals surface area contributed by atoms with Crippen LogP contribution in [0.3, 0.4) is 0 Å². The number of halogens is 1. The molecule has 3 rings (SSSR count). The van der Waals surface area contributed by atoms with Gasteiger partial charge in [0.05, 0.1) is 22.3 Å². The minimum absolute atomic E-state index is 0.0904. The van der Waals surface area contributed by atoms with E-state index in [-0.39, 0.29) is 17.2 Å². The number of para-hydroxylation sites is 1. The second kappa shape index (κ2) is 9.48. The van der Waals surface area contributed by atoms with E-state index in [1.807, 2.05) is 0 Å². The first-order valence-electron chi connectivity index (χ1n) is 8.76. The minimum atomic E-state index is -0.454. The van der Waals surface area contributed by atoms with Crippen molar-refractivity contribution in [3.8, 4) is 5.69 Å². The van der Waals surface area contributed by atoms with Crippen LogP contribution in [0.15, 0.2) is 58.5 Å². The van der Waals surface area contributed by atoms with E-state index in [9.17, 15) is 14.0 Å². The highest BCUT2D eigenvalue weighted by Gasteiger charge is 2.15. The minimum Gasteiger partial charge on any atom is -0.385 e. The fraction of sp³-hybridized carbons (Fsp3) is 0.250. The number of nitrogens with one attached hydrogen (secondary N) is 1. The van der Waals surface area contributed by atoms with Gasteiger partial charge in [-0.15, -0.1) is 0 Å². The van der Waals surface area contributed by atoms with Crippen LogP contribution >= 0.6 is 11.8 Å². The van der Waals surface area contributed by atoms with Crippen molar-refractivity contribution >= 4 is 28.6 Å². The van der Waals surface area contributed by atoms with Crippen molar-refractivity contribution in [2.45, 2.75) is 11.6 Å². The number of amides is 1. The van der Waals surface area contributed by atoms with Crippen molar-refractivity contribution in [1.29, 1.82) is 0 Å². The zero-order chi connectivity index (χ0) is 19.9. The van der Waals surface area contributed by atoms with E-state index in [0.29, 0.717) is 34.9 Å². The van der Waals surface area contributed by atoms with Gasteiger partial charge in [0.15, 0.2) is 5.16 Å². The molecule has 0 fully saturated rings. The zero-order valence-corrected chi connectivity index (χ0v) is 16.2. The summed E-state index contributed by atoms with van der Waals surface area (Å²) in [4.78, 5) is 29.6. The molecule has 0 aliphatic heterocycles. The number of thioether (sulfide) groups is 1. The van der Waals surface area contributed by atoms with Gasteiger partial charge < -0.3 is 10.1 Å². The molecule has 0 saturated heterocycles. The van der Waals surface area contributed by atoms with Crippen LogP contribution in [0, 0.1) is 5.82 Å². The number of aromatic nitrogens is 2. The molecule has 0 radical (unpaired) electrons. The molecule has 1 amide bonds. The first kappa shape index (κ1) is 20.0. The second-order valence-electron chi connectivity index (χ2n) is 6.02. The number of rotatable bonds is 8. The molecule has 1 aromatic heterocycles. The fourth-order valence-electron chi connectivity index (χ4n) is 2.68. The van der Waals surface area contributed by atoms with E-state index in [2.05, 4.69) is 10.3 Å². The van der Waals surface area contributed by atoms with Crippen molar-refractivity contribution < 1.29 is 13.9 Å². The summed E-state index contributed by atoms with van der Waals surface area (Å²) in [7, 11) is 1.61. The van der Waals surface area contributed by atoms with Gasteiger partial charge in [0, 0.05) is 20.3 Å². The molecule has 3 aromatic rings. The van der Waals surface area contributed by atoms with Crippen molar-refractivity contribution in [3.63, 3.8) is 0 Å². The maximum absolute atomic E-state index is 13.7. The van der Waals surface area contributed by atoms with Crippen molar-refractivity contribution in [3.05, 3.63) is 64.7 Å². The van der Waals surface area contributed by atoms with Gasteiger partial charge in [-0.2, -0.15) is 0 Å². The molecule has 28 heavy (non-hydrogen) atoms. The summed E-state index contributed by atoms with van der Waals surface area (Å²) in [6.45, 7) is 1.08. The van der Waals surface area contributed by atoms with Crippen LogP contribution in [0.1, 0.15) is 6.42 Å². The van der Waals surface area contributed by atoms with Crippen LogP contribution in [0.5, 0.6) is 0 Å². The Morgan fingerprint density at radius 3 is 2.86 bits per heavy atom. The van der Waals surface area contributed by atoms with Crippen LogP contribution < -0.4 is 10.9 Å². The van der Waals surface area contributed by atoms with Crippen LogP contribution in [-0.2, 0) is 9.53 Å². The van der Waals surface area contributed by atoms with Gasteiger partial charge in [0.25, 0.3) is 5.56 Å². The van der Waals surface area contributed by atoms with E-state index in [1.165, 1.54) is 22.8 Å². The number of carbonyl (C=O) groups excluding carboxylic acids is 1. The zero-order valence-electron chi connectivity index (χ0n) is 15.4. The first-order valence-corrected chi connectivity index (χ1v) is 9.75. The fourth-order valence-corrected chi connectivity index (χ4v) is 3.52. The molecule has 0 spiro atoms. The van der Waals surface area contributed by atoms with Crippen LogP contribution in [0.2, 0.25) is 0 Å². The average molecular weight is 401 g/mol. The number of fused-ring (bicyclic) bond motifs is 1. The Balaban J connectivity index is 1.91. The molecule has 146 valence electrons. The predicted octanol–water partition coefficient (Wildman–Crippen LogP) is 2.77. The van der Waals surface area contributed by atoms with E-state index in [4.69, 9.17) is 4.74 Å². The lowest BCUT2D eigenvalue weighted by atomic mass is 10.2. The van der Waals surface area contributed by atoms with Gasteiger partial charge >= 0.3 is 0 Å². The number of benzene rings is 2. The maximum atomic E-state index is 13.7. The Morgan fingerprint density at radius 1 is 1.25 bits per heavy atom. The van der Waals surface area contributed by atoms with Crippen LogP contribution in [0.25, 0.3) is 16.6 Å². The standard InChI is InChI=1S/C20H20FN3O3S/c1-27-11-5-10-22-18(25)13-28-20-23-17-9-3-2-8-16(17)19(26)24(20)15-7-4-6-14(21)12-15/h2-4,6-9,12H,5,10-11,13H2,1H3,(H,22,25). The Labute approximate surface area is 165 Å².